The number of hydrogen-bond donors (Lipinski definition) is 0. The fraction of sp³-hybridized carbons (Fsp3) is 0.447. The van der Waals surface area contributed by atoms with Crippen molar-refractivity contribution in [3.8, 4) is 11.1 Å². The van der Waals surface area contributed by atoms with E-state index < -0.39 is 21.3 Å². The summed E-state index contributed by atoms with van der Waals surface area (Å²) in [5.74, 6) is 0. The van der Waals surface area contributed by atoms with Crippen LogP contribution in [0.15, 0.2) is 54.6 Å². The summed E-state index contributed by atoms with van der Waals surface area (Å²) in [6, 6.07) is 10.2. The van der Waals surface area contributed by atoms with Crippen molar-refractivity contribution in [2.75, 3.05) is 0 Å². The summed E-state index contributed by atoms with van der Waals surface area (Å²) >= 11 is -2.16. The van der Waals surface area contributed by atoms with E-state index in [0.717, 1.165) is 6.42 Å². The number of allylic oxidation sites excluding steroid dienone is 6. The molecule has 0 radical (unpaired) electrons. The summed E-state index contributed by atoms with van der Waals surface area (Å²) in [5.41, 5.74) is 14.2. The van der Waals surface area contributed by atoms with Gasteiger partial charge in [0.2, 0.25) is 0 Å². The molecule has 7 rings (SSSR count). The van der Waals surface area contributed by atoms with E-state index in [4.69, 9.17) is 0 Å². The molecule has 41 heavy (non-hydrogen) atoms. The first kappa shape index (κ1) is 31.2. The van der Waals surface area contributed by atoms with Crippen LogP contribution in [-0.4, -0.2) is 3.21 Å². The quantitative estimate of drug-likeness (QED) is 0.386. The van der Waals surface area contributed by atoms with Crippen LogP contribution >= 0.6 is 0 Å². The van der Waals surface area contributed by atoms with Crippen molar-refractivity contribution in [2.24, 2.45) is 5.41 Å². The zero-order valence-electron chi connectivity index (χ0n) is 25.9. The van der Waals surface area contributed by atoms with Crippen LogP contribution in [0.1, 0.15) is 120 Å². The maximum atomic E-state index is 2.70. The van der Waals surface area contributed by atoms with Gasteiger partial charge >= 0.3 is 245 Å². The van der Waals surface area contributed by atoms with Crippen molar-refractivity contribution >= 4 is 15.4 Å². The van der Waals surface area contributed by atoms with Gasteiger partial charge < -0.3 is 24.8 Å². The number of fused-ring (bicyclic) bond motifs is 5. The van der Waals surface area contributed by atoms with Gasteiger partial charge in [0.05, 0.1) is 0 Å². The second-order valence-electron chi connectivity index (χ2n) is 14.9. The summed E-state index contributed by atoms with van der Waals surface area (Å²) in [7, 11) is 0. The van der Waals surface area contributed by atoms with Crippen molar-refractivity contribution in [1.82, 2.24) is 0 Å². The van der Waals surface area contributed by atoms with E-state index in [0.29, 0.717) is 0 Å². The normalized spacial score (nSPS) is 20.4. The Kier molecular flexibility index (Phi) is 8.15. The third-order valence-electron chi connectivity index (χ3n) is 10.4. The van der Waals surface area contributed by atoms with Gasteiger partial charge in [-0.2, -0.15) is 0 Å². The van der Waals surface area contributed by atoms with Gasteiger partial charge in [-0.3, -0.25) is 0 Å². The number of benzene rings is 2. The van der Waals surface area contributed by atoms with Crippen molar-refractivity contribution < 1.29 is 46.1 Å². The van der Waals surface area contributed by atoms with Crippen molar-refractivity contribution in [3.05, 3.63) is 88.0 Å². The maximum absolute atomic E-state index is 2.70. The minimum atomic E-state index is -2.16. The van der Waals surface area contributed by atoms with E-state index in [9.17, 15) is 0 Å². The molecule has 0 amide bonds. The Bertz CT molecular complexity index is 1590. The Labute approximate surface area is 268 Å². The summed E-state index contributed by atoms with van der Waals surface area (Å²) in [5, 5.41) is 0. The Balaban J connectivity index is 0.00000169. The van der Waals surface area contributed by atoms with Crippen LogP contribution in [0, 0.1) is 5.41 Å². The SMILES string of the molecule is CC(C)(C)C1=CC[C]([Zr+2]([C]2=Cc3cc4c(cc3C2(C)C)Cc2cc3c(cc2-4)C=CC3(C)C)=[C]2CCCCC2)=C1.[Cl-].[Cl-]. The molecule has 0 aliphatic heterocycles. The summed E-state index contributed by atoms with van der Waals surface area (Å²) in [6.07, 6.45) is 22.0. The zero-order chi connectivity index (χ0) is 27.3. The van der Waals surface area contributed by atoms with Gasteiger partial charge in [0.1, 0.15) is 0 Å². The molecular weight excluding hydrogens is 619 g/mol. The average molecular weight is 663 g/mol. The van der Waals surface area contributed by atoms with Crippen LogP contribution in [-0.2, 0) is 38.5 Å². The van der Waals surface area contributed by atoms with E-state index in [-0.39, 0.29) is 41.1 Å². The molecule has 0 heterocycles. The molecule has 0 bridgehead atoms. The molecule has 0 saturated heterocycles. The number of hydrogen-bond acceptors (Lipinski definition) is 0. The third kappa shape index (κ3) is 5.05. The first-order valence-electron chi connectivity index (χ1n) is 15.3. The maximum Gasteiger partial charge on any atom is -1.00 e. The fourth-order valence-electron chi connectivity index (χ4n) is 7.97. The molecule has 2 aromatic rings. The average Bonchev–Trinajstić information content (AvgIpc) is 3.63. The summed E-state index contributed by atoms with van der Waals surface area (Å²) in [4.78, 5) is 0. The molecule has 0 unspecified atom stereocenters. The zero-order valence-corrected chi connectivity index (χ0v) is 29.9. The summed E-state index contributed by atoms with van der Waals surface area (Å²) in [6.45, 7) is 17.0. The van der Waals surface area contributed by atoms with Crippen molar-refractivity contribution in [1.29, 1.82) is 0 Å². The van der Waals surface area contributed by atoms with Gasteiger partial charge in [-0.25, -0.2) is 0 Å². The molecule has 3 heteroatoms. The van der Waals surface area contributed by atoms with E-state index in [1.165, 1.54) is 71.9 Å². The number of halogens is 2. The Morgan fingerprint density at radius 2 is 1.39 bits per heavy atom. The molecule has 214 valence electrons. The summed E-state index contributed by atoms with van der Waals surface area (Å²) < 4.78 is 5.68. The minimum absolute atomic E-state index is 0. The molecular formula is C38H44Cl2Zr. The second-order valence-corrected chi connectivity index (χ2v) is 21.4. The van der Waals surface area contributed by atoms with E-state index in [1.54, 1.807) is 16.7 Å². The van der Waals surface area contributed by atoms with E-state index in [2.05, 4.69) is 103 Å². The van der Waals surface area contributed by atoms with Crippen LogP contribution in [0.3, 0.4) is 0 Å². The molecule has 0 atom stereocenters. The third-order valence-corrected chi connectivity index (χ3v) is 19.0. The van der Waals surface area contributed by atoms with Gasteiger partial charge in [-0.05, 0) is 0 Å². The largest absolute Gasteiger partial charge is 1.00 e. The molecule has 2 aromatic carbocycles. The molecule has 0 N–H and O–H groups in total. The molecule has 5 aliphatic rings. The Hall–Kier alpha value is -1.27. The molecule has 0 aromatic heterocycles. The standard InChI is InChI=1S/C23H21.C9H13.C6H10.2ClH.Zr/c1-22(2)7-5-14-10-18-16(12-20(14)22)9-17-13-21-15(11-19(17)18)6-8-23(21,3)4;1-9(2,3)8-6-4-5-7-8;1-2-4-6-5-3-1;;;/h5-7,10-13H,9H2,1-4H3;6-7H,4H2,1-3H3;1-5H2;2*1H;/q;;;;;+2/p-2. The molecule has 1 fully saturated rings. The van der Waals surface area contributed by atoms with Crippen LogP contribution in [0.5, 0.6) is 0 Å². The second kappa shape index (κ2) is 10.7. The van der Waals surface area contributed by atoms with Crippen LogP contribution in [0.25, 0.3) is 23.3 Å². The predicted molar refractivity (Wildman–Crippen MR) is 166 cm³/mol. The van der Waals surface area contributed by atoms with E-state index >= 15 is 0 Å². The number of rotatable bonds is 2. The van der Waals surface area contributed by atoms with Gasteiger partial charge in [0, 0.05) is 0 Å². The predicted octanol–water partition coefficient (Wildman–Crippen LogP) is 4.22. The smallest absolute Gasteiger partial charge is 1.00 e. The molecule has 5 aliphatic carbocycles. The topological polar surface area (TPSA) is 0 Å². The monoisotopic (exact) mass is 660 g/mol. The molecule has 0 nitrogen and oxygen atoms in total. The van der Waals surface area contributed by atoms with Crippen molar-refractivity contribution in [3.63, 3.8) is 0 Å². The van der Waals surface area contributed by atoms with Crippen LogP contribution < -0.4 is 24.8 Å². The van der Waals surface area contributed by atoms with Crippen molar-refractivity contribution in [2.45, 2.75) is 104 Å². The van der Waals surface area contributed by atoms with E-state index in [1.807, 2.05) is 9.77 Å². The van der Waals surface area contributed by atoms with Crippen LogP contribution in [0.2, 0.25) is 0 Å². The Morgan fingerprint density at radius 3 is 2.02 bits per heavy atom. The minimum Gasteiger partial charge on any atom is -1.00 e. The van der Waals surface area contributed by atoms with Gasteiger partial charge in [0.25, 0.3) is 0 Å². The van der Waals surface area contributed by atoms with Crippen LogP contribution in [0.4, 0.5) is 0 Å². The first-order valence-corrected chi connectivity index (χ1v) is 19.0. The van der Waals surface area contributed by atoms with Gasteiger partial charge in [-0.15, -0.1) is 0 Å². The first-order chi connectivity index (χ1) is 18.4. The van der Waals surface area contributed by atoms with Gasteiger partial charge in [-0.1, -0.05) is 0 Å². The molecule has 0 spiro atoms. The molecule has 1 saturated carbocycles. The van der Waals surface area contributed by atoms with Gasteiger partial charge in [0.15, 0.2) is 0 Å². The Morgan fingerprint density at radius 1 is 0.756 bits per heavy atom. The fourth-order valence-corrected chi connectivity index (χ4v) is 17.1.